The smallest absolute Gasteiger partial charge is 0.119 e. The average molecular weight is 330 g/mol. The summed E-state index contributed by atoms with van der Waals surface area (Å²) in [6, 6.07) is 11.0. The van der Waals surface area contributed by atoms with E-state index in [1.165, 1.54) is 41.8 Å². The van der Waals surface area contributed by atoms with Crippen LogP contribution in [0.3, 0.4) is 0 Å². The molecular formula is C20H27NOS. The third-order valence-electron chi connectivity index (χ3n) is 4.97. The molecule has 0 saturated carbocycles. The lowest BCUT2D eigenvalue weighted by molar-refractivity contribution is 0.178. The van der Waals surface area contributed by atoms with Crippen LogP contribution in [0.5, 0.6) is 5.75 Å². The number of nitrogens with zero attached hydrogens (tertiary/aromatic N) is 1. The van der Waals surface area contributed by atoms with E-state index in [1.54, 1.807) is 0 Å². The molecular weight excluding hydrogens is 302 g/mol. The minimum atomic E-state index is 0.486. The highest BCUT2D eigenvalue weighted by Crippen LogP contribution is 2.31. The van der Waals surface area contributed by atoms with Crippen molar-refractivity contribution in [1.29, 1.82) is 0 Å². The van der Waals surface area contributed by atoms with Crippen molar-refractivity contribution in [3.8, 4) is 5.75 Å². The fourth-order valence-electron chi connectivity index (χ4n) is 3.63. The van der Waals surface area contributed by atoms with Gasteiger partial charge in [0.25, 0.3) is 0 Å². The maximum atomic E-state index is 10.0. The zero-order chi connectivity index (χ0) is 16.1. The van der Waals surface area contributed by atoms with E-state index in [-0.39, 0.29) is 0 Å². The van der Waals surface area contributed by atoms with Crippen molar-refractivity contribution in [1.82, 2.24) is 4.90 Å². The molecule has 23 heavy (non-hydrogen) atoms. The number of phenolic OH excluding ortho intramolecular Hbond substituents is 1. The van der Waals surface area contributed by atoms with Crippen LogP contribution in [0, 0.1) is 0 Å². The summed E-state index contributed by atoms with van der Waals surface area (Å²) in [5.41, 5.74) is 2.52. The molecule has 1 aromatic carbocycles. The molecule has 124 valence electrons. The van der Waals surface area contributed by atoms with Gasteiger partial charge in [-0.15, -0.1) is 11.3 Å². The fourth-order valence-corrected chi connectivity index (χ4v) is 4.32. The fraction of sp³-hybridized carbons (Fsp3) is 0.500. The summed E-state index contributed by atoms with van der Waals surface area (Å²) in [4.78, 5) is 4.18. The van der Waals surface area contributed by atoms with Gasteiger partial charge in [0, 0.05) is 17.5 Å². The van der Waals surface area contributed by atoms with Crippen LogP contribution in [0.2, 0.25) is 0 Å². The van der Waals surface area contributed by atoms with Crippen LogP contribution in [-0.4, -0.2) is 29.1 Å². The minimum Gasteiger partial charge on any atom is -0.508 e. The van der Waals surface area contributed by atoms with Gasteiger partial charge in [-0.05, 0) is 67.3 Å². The topological polar surface area (TPSA) is 23.5 Å². The van der Waals surface area contributed by atoms with Gasteiger partial charge in [-0.25, -0.2) is 0 Å². The van der Waals surface area contributed by atoms with Gasteiger partial charge in [0.1, 0.15) is 5.75 Å². The van der Waals surface area contributed by atoms with E-state index in [1.807, 2.05) is 23.5 Å². The van der Waals surface area contributed by atoms with E-state index in [0.717, 1.165) is 25.8 Å². The predicted molar refractivity (Wildman–Crippen MR) is 98.4 cm³/mol. The van der Waals surface area contributed by atoms with Crippen molar-refractivity contribution in [3.05, 3.63) is 51.7 Å². The highest BCUT2D eigenvalue weighted by Gasteiger charge is 2.25. The molecule has 2 aromatic rings. The number of hydrogen-bond acceptors (Lipinski definition) is 3. The molecule has 0 unspecified atom stereocenters. The van der Waals surface area contributed by atoms with Crippen molar-refractivity contribution in [2.75, 3.05) is 13.1 Å². The first-order chi connectivity index (χ1) is 11.3. The van der Waals surface area contributed by atoms with E-state index < -0.39 is 0 Å². The second-order valence-electron chi connectivity index (χ2n) is 6.53. The molecule has 1 aliphatic rings. The maximum absolute atomic E-state index is 10.0. The Hall–Kier alpha value is -1.32. The SMILES string of the molecule is CCCCN(CCc1cccs1)[C@H]1CCc2c(O)cccc2C1. The number of aromatic hydroxyl groups is 1. The lowest BCUT2D eigenvalue weighted by Gasteiger charge is -2.35. The molecule has 1 atom stereocenters. The van der Waals surface area contributed by atoms with Gasteiger partial charge < -0.3 is 5.11 Å². The maximum Gasteiger partial charge on any atom is 0.119 e. The Morgan fingerprint density at radius 1 is 1.22 bits per heavy atom. The van der Waals surface area contributed by atoms with Crippen LogP contribution in [-0.2, 0) is 19.3 Å². The Morgan fingerprint density at radius 2 is 2.13 bits per heavy atom. The Balaban J connectivity index is 1.67. The summed E-state index contributed by atoms with van der Waals surface area (Å²) in [7, 11) is 0. The normalized spacial score (nSPS) is 17.4. The van der Waals surface area contributed by atoms with E-state index in [9.17, 15) is 5.11 Å². The van der Waals surface area contributed by atoms with Gasteiger partial charge in [0.15, 0.2) is 0 Å². The number of benzene rings is 1. The van der Waals surface area contributed by atoms with Crippen LogP contribution in [0.15, 0.2) is 35.7 Å². The molecule has 0 saturated heterocycles. The van der Waals surface area contributed by atoms with Crippen molar-refractivity contribution < 1.29 is 5.11 Å². The molecule has 0 aliphatic heterocycles. The van der Waals surface area contributed by atoms with Crippen LogP contribution < -0.4 is 0 Å². The first-order valence-corrected chi connectivity index (χ1v) is 9.72. The van der Waals surface area contributed by atoms with Gasteiger partial charge in [-0.1, -0.05) is 31.5 Å². The Bertz CT molecular complexity index is 608. The number of thiophene rings is 1. The van der Waals surface area contributed by atoms with Crippen LogP contribution in [0.4, 0.5) is 0 Å². The molecule has 3 heteroatoms. The third kappa shape index (κ3) is 4.15. The molecule has 1 aromatic heterocycles. The molecule has 0 spiro atoms. The molecule has 0 radical (unpaired) electrons. The standard InChI is InChI=1S/C20H27NOS/c1-2-3-12-21(13-11-18-7-5-14-23-18)17-9-10-19-16(15-17)6-4-8-20(19)22/h4-8,14,17,22H,2-3,9-13,15H2,1H3/t17-/m0/s1. The first-order valence-electron chi connectivity index (χ1n) is 8.84. The van der Waals surface area contributed by atoms with Crippen molar-refractivity contribution in [2.24, 2.45) is 0 Å². The van der Waals surface area contributed by atoms with E-state index in [4.69, 9.17) is 0 Å². The predicted octanol–water partition coefficient (Wildman–Crippen LogP) is 4.66. The quantitative estimate of drug-likeness (QED) is 0.799. The number of rotatable bonds is 7. The van der Waals surface area contributed by atoms with Crippen LogP contribution >= 0.6 is 11.3 Å². The summed E-state index contributed by atoms with van der Waals surface area (Å²) in [6.45, 7) is 4.62. The van der Waals surface area contributed by atoms with Gasteiger partial charge in [0.2, 0.25) is 0 Å². The number of fused-ring (bicyclic) bond motifs is 1. The average Bonchev–Trinajstić information content (AvgIpc) is 3.08. The summed E-state index contributed by atoms with van der Waals surface area (Å²) >= 11 is 1.87. The molecule has 3 rings (SSSR count). The lowest BCUT2D eigenvalue weighted by Crippen LogP contribution is -2.41. The van der Waals surface area contributed by atoms with Gasteiger partial charge in [0.05, 0.1) is 0 Å². The Morgan fingerprint density at radius 3 is 2.91 bits per heavy atom. The van der Waals surface area contributed by atoms with Crippen molar-refractivity contribution in [3.63, 3.8) is 0 Å². The van der Waals surface area contributed by atoms with E-state index >= 15 is 0 Å². The van der Waals surface area contributed by atoms with Crippen LogP contribution in [0.25, 0.3) is 0 Å². The summed E-state index contributed by atoms with van der Waals surface area (Å²) in [5.74, 6) is 0.486. The molecule has 0 amide bonds. The van der Waals surface area contributed by atoms with Gasteiger partial charge in [-0.2, -0.15) is 0 Å². The Kier molecular flexibility index (Phi) is 5.74. The zero-order valence-corrected chi connectivity index (χ0v) is 14.8. The van der Waals surface area contributed by atoms with Crippen molar-refractivity contribution in [2.45, 2.75) is 51.5 Å². The second kappa shape index (κ2) is 7.98. The number of phenols is 1. The van der Waals surface area contributed by atoms with Crippen LogP contribution in [0.1, 0.15) is 42.2 Å². The third-order valence-corrected chi connectivity index (χ3v) is 5.91. The lowest BCUT2D eigenvalue weighted by atomic mass is 9.86. The Labute approximate surface area is 143 Å². The molecule has 0 bridgehead atoms. The van der Waals surface area contributed by atoms with E-state index in [0.29, 0.717) is 11.8 Å². The number of hydrogen-bond donors (Lipinski definition) is 1. The summed E-state index contributed by atoms with van der Waals surface area (Å²) < 4.78 is 0. The van der Waals surface area contributed by atoms with Gasteiger partial charge in [-0.3, -0.25) is 4.90 Å². The van der Waals surface area contributed by atoms with E-state index in [2.05, 4.69) is 35.4 Å². The number of unbranched alkanes of at least 4 members (excludes halogenated alkanes) is 1. The highest BCUT2D eigenvalue weighted by molar-refractivity contribution is 7.09. The molecule has 1 aliphatic carbocycles. The summed E-state index contributed by atoms with van der Waals surface area (Å²) in [6.07, 6.45) is 6.93. The largest absolute Gasteiger partial charge is 0.508 e. The van der Waals surface area contributed by atoms with Crippen molar-refractivity contribution >= 4 is 11.3 Å². The first kappa shape index (κ1) is 16.5. The monoisotopic (exact) mass is 329 g/mol. The van der Waals surface area contributed by atoms with Gasteiger partial charge >= 0.3 is 0 Å². The molecule has 2 nitrogen and oxygen atoms in total. The minimum absolute atomic E-state index is 0.486. The zero-order valence-electron chi connectivity index (χ0n) is 14.0. The second-order valence-corrected chi connectivity index (χ2v) is 7.56. The molecule has 1 heterocycles. The summed E-state index contributed by atoms with van der Waals surface area (Å²) in [5, 5.41) is 12.2. The molecule has 0 fully saturated rings. The molecule has 1 N–H and O–H groups in total. The highest BCUT2D eigenvalue weighted by atomic mass is 32.1.